The van der Waals surface area contributed by atoms with Gasteiger partial charge in [-0.15, -0.1) is 0 Å². The van der Waals surface area contributed by atoms with Crippen molar-refractivity contribution < 1.29 is 19.1 Å². The highest BCUT2D eigenvalue weighted by atomic mass is 35.5. The van der Waals surface area contributed by atoms with Crippen LogP contribution in [-0.4, -0.2) is 42.6 Å². The lowest BCUT2D eigenvalue weighted by molar-refractivity contribution is -0.153. The Kier molecular flexibility index (Phi) is 5.07. The minimum atomic E-state index is -0.713. The second kappa shape index (κ2) is 6.80. The number of carbonyl (C=O) groups is 2. The van der Waals surface area contributed by atoms with Gasteiger partial charge in [-0.25, -0.2) is 4.79 Å². The number of hydrogen-bond donors (Lipinski definition) is 0. The van der Waals surface area contributed by atoms with Crippen molar-refractivity contribution in [1.29, 1.82) is 0 Å². The highest BCUT2D eigenvalue weighted by molar-refractivity contribution is 6.32. The first-order valence-electron chi connectivity index (χ1n) is 6.84. The fourth-order valence-corrected chi connectivity index (χ4v) is 2.61. The minimum absolute atomic E-state index is 0.234. The zero-order valence-electron chi connectivity index (χ0n) is 12.0. The number of hydrogen-bond acceptors (Lipinski definition) is 4. The molecule has 2 rings (SSSR count). The Morgan fingerprint density at radius 2 is 2.10 bits per heavy atom. The summed E-state index contributed by atoms with van der Waals surface area (Å²) in [5.41, 5.74) is 0. The van der Waals surface area contributed by atoms with Gasteiger partial charge < -0.3 is 14.4 Å². The lowest BCUT2D eigenvalue weighted by Gasteiger charge is -2.26. The fourth-order valence-electron chi connectivity index (χ4n) is 2.43. The molecule has 1 aliphatic rings. The van der Waals surface area contributed by atoms with Crippen molar-refractivity contribution >= 4 is 23.5 Å². The molecule has 0 bridgehead atoms. The highest BCUT2D eigenvalue weighted by Gasteiger charge is 2.37. The molecular formula is C15H18ClNO4. The number of amides is 1. The number of benzene rings is 1. The molecule has 0 radical (unpaired) electrons. The van der Waals surface area contributed by atoms with Gasteiger partial charge in [-0.1, -0.05) is 23.7 Å². The number of carbonyl (C=O) groups excluding carboxylic acids is 2. The lowest BCUT2D eigenvalue weighted by atomic mass is 10.2. The van der Waals surface area contributed by atoms with E-state index < -0.39 is 12.1 Å². The van der Waals surface area contributed by atoms with Gasteiger partial charge in [-0.2, -0.15) is 0 Å². The van der Waals surface area contributed by atoms with Crippen LogP contribution in [0.5, 0.6) is 5.75 Å². The smallest absolute Gasteiger partial charge is 0.328 e. The molecule has 1 saturated heterocycles. The summed E-state index contributed by atoms with van der Waals surface area (Å²) in [4.78, 5) is 25.6. The van der Waals surface area contributed by atoms with E-state index in [1.165, 1.54) is 12.0 Å². The second-order valence-corrected chi connectivity index (χ2v) is 5.31. The van der Waals surface area contributed by atoms with Crippen LogP contribution in [0.4, 0.5) is 0 Å². The first kappa shape index (κ1) is 15.6. The Morgan fingerprint density at radius 1 is 1.38 bits per heavy atom. The third-order valence-corrected chi connectivity index (χ3v) is 3.81. The van der Waals surface area contributed by atoms with Gasteiger partial charge in [0.2, 0.25) is 0 Å². The summed E-state index contributed by atoms with van der Waals surface area (Å²) in [6.45, 7) is 2.19. The van der Waals surface area contributed by atoms with Gasteiger partial charge in [-0.3, -0.25) is 4.79 Å². The lowest BCUT2D eigenvalue weighted by Crippen LogP contribution is -2.46. The van der Waals surface area contributed by atoms with Crippen molar-refractivity contribution in [2.24, 2.45) is 0 Å². The highest BCUT2D eigenvalue weighted by Crippen LogP contribution is 2.26. The molecule has 1 heterocycles. The van der Waals surface area contributed by atoms with Crippen molar-refractivity contribution in [2.75, 3.05) is 13.7 Å². The molecule has 0 aromatic heterocycles. The molecule has 1 fully saturated rings. The van der Waals surface area contributed by atoms with Crippen LogP contribution in [0.3, 0.4) is 0 Å². The summed E-state index contributed by atoms with van der Waals surface area (Å²) < 4.78 is 10.3. The standard InChI is InChI=1S/C15H18ClNO4/c1-10(21-13-8-4-3-6-11(13)16)14(18)17-9-5-7-12(17)15(19)20-2/h3-4,6,8,10,12H,5,7,9H2,1-2H3. The van der Waals surface area contributed by atoms with E-state index in [4.69, 9.17) is 21.1 Å². The average Bonchev–Trinajstić information content (AvgIpc) is 2.97. The second-order valence-electron chi connectivity index (χ2n) is 4.90. The molecule has 1 amide bonds. The largest absolute Gasteiger partial charge is 0.479 e. The maximum atomic E-state index is 12.4. The van der Waals surface area contributed by atoms with E-state index in [1.807, 2.05) is 0 Å². The molecule has 114 valence electrons. The topological polar surface area (TPSA) is 55.8 Å². The van der Waals surface area contributed by atoms with E-state index in [2.05, 4.69) is 0 Å². The Labute approximate surface area is 128 Å². The molecule has 21 heavy (non-hydrogen) atoms. The molecule has 5 nitrogen and oxygen atoms in total. The maximum Gasteiger partial charge on any atom is 0.328 e. The molecular weight excluding hydrogens is 294 g/mol. The van der Waals surface area contributed by atoms with E-state index in [0.717, 1.165) is 6.42 Å². The predicted octanol–water partition coefficient (Wildman–Crippen LogP) is 2.27. The van der Waals surface area contributed by atoms with Gasteiger partial charge in [0, 0.05) is 6.54 Å². The van der Waals surface area contributed by atoms with E-state index in [1.54, 1.807) is 31.2 Å². The van der Waals surface area contributed by atoms with Crippen molar-refractivity contribution in [1.82, 2.24) is 4.90 Å². The van der Waals surface area contributed by atoms with Crippen molar-refractivity contribution in [3.05, 3.63) is 29.3 Å². The van der Waals surface area contributed by atoms with E-state index in [-0.39, 0.29) is 11.9 Å². The number of halogens is 1. The van der Waals surface area contributed by atoms with E-state index in [9.17, 15) is 9.59 Å². The minimum Gasteiger partial charge on any atom is -0.479 e. The first-order chi connectivity index (χ1) is 10.0. The maximum absolute atomic E-state index is 12.4. The number of likely N-dealkylation sites (tertiary alicyclic amines) is 1. The van der Waals surface area contributed by atoms with Gasteiger partial charge in [-0.05, 0) is 31.9 Å². The third-order valence-electron chi connectivity index (χ3n) is 3.50. The number of ether oxygens (including phenoxy) is 2. The fraction of sp³-hybridized carbons (Fsp3) is 0.467. The number of para-hydroxylation sites is 1. The van der Waals surface area contributed by atoms with Crippen LogP contribution in [0.25, 0.3) is 0 Å². The summed E-state index contributed by atoms with van der Waals surface area (Å²) in [7, 11) is 1.33. The number of nitrogens with zero attached hydrogens (tertiary/aromatic N) is 1. The van der Waals surface area contributed by atoms with Crippen LogP contribution in [0.15, 0.2) is 24.3 Å². The van der Waals surface area contributed by atoms with Gasteiger partial charge in [0.05, 0.1) is 12.1 Å². The van der Waals surface area contributed by atoms with Gasteiger partial charge >= 0.3 is 5.97 Å². The zero-order valence-corrected chi connectivity index (χ0v) is 12.8. The SMILES string of the molecule is COC(=O)C1CCCN1C(=O)C(C)Oc1ccccc1Cl. The van der Waals surface area contributed by atoms with Crippen LogP contribution < -0.4 is 4.74 Å². The summed E-state index contributed by atoms with van der Waals surface area (Å²) in [5, 5.41) is 0.447. The summed E-state index contributed by atoms with van der Waals surface area (Å²) in [6, 6.07) is 6.45. The monoisotopic (exact) mass is 311 g/mol. The Balaban J connectivity index is 2.05. The molecule has 0 saturated carbocycles. The van der Waals surface area contributed by atoms with Crippen molar-refractivity contribution in [2.45, 2.75) is 31.9 Å². The normalized spacial score (nSPS) is 19.2. The Hall–Kier alpha value is -1.75. The Bertz CT molecular complexity index is 534. The van der Waals surface area contributed by atoms with Gasteiger partial charge in [0.1, 0.15) is 11.8 Å². The molecule has 0 spiro atoms. The molecule has 2 unspecified atom stereocenters. The summed E-state index contributed by atoms with van der Waals surface area (Å²) >= 11 is 6.01. The first-order valence-corrected chi connectivity index (χ1v) is 7.22. The van der Waals surface area contributed by atoms with E-state index >= 15 is 0 Å². The molecule has 2 atom stereocenters. The summed E-state index contributed by atoms with van der Waals surface area (Å²) in [6.07, 6.45) is 0.691. The van der Waals surface area contributed by atoms with Crippen LogP contribution in [-0.2, 0) is 14.3 Å². The van der Waals surface area contributed by atoms with Gasteiger partial charge in [0.15, 0.2) is 6.10 Å². The van der Waals surface area contributed by atoms with Crippen molar-refractivity contribution in [3.63, 3.8) is 0 Å². The van der Waals surface area contributed by atoms with Crippen LogP contribution in [0.1, 0.15) is 19.8 Å². The van der Waals surface area contributed by atoms with Crippen LogP contribution in [0, 0.1) is 0 Å². The number of esters is 1. The average molecular weight is 312 g/mol. The molecule has 6 heteroatoms. The molecule has 1 aromatic rings. The zero-order chi connectivity index (χ0) is 15.4. The quantitative estimate of drug-likeness (QED) is 0.800. The van der Waals surface area contributed by atoms with E-state index in [0.29, 0.717) is 23.7 Å². The molecule has 0 N–H and O–H groups in total. The van der Waals surface area contributed by atoms with Crippen LogP contribution in [0.2, 0.25) is 5.02 Å². The number of rotatable bonds is 4. The number of methoxy groups -OCH3 is 1. The van der Waals surface area contributed by atoms with Crippen LogP contribution >= 0.6 is 11.6 Å². The Morgan fingerprint density at radius 3 is 2.76 bits per heavy atom. The third kappa shape index (κ3) is 3.47. The molecule has 1 aromatic carbocycles. The molecule has 0 aliphatic carbocycles. The predicted molar refractivity (Wildman–Crippen MR) is 78.3 cm³/mol. The molecule has 1 aliphatic heterocycles. The van der Waals surface area contributed by atoms with Crippen molar-refractivity contribution in [3.8, 4) is 5.75 Å². The van der Waals surface area contributed by atoms with Gasteiger partial charge in [0.25, 0.3) is 5.91 Å². The summed E-state index contributed by atoms with van der Waals surface area (Å²) in [5.74, 6) is -0.164.